The van der Waals surface area contributed by atoms with Gasteiger partial charge in [0.25, 0.3) is 0 Å². The van der Waals surface area contributed by atoms with Crippen LogP contribution in [0.3, 0.4) is 0 Å². The lowest BCUT2D eigenvalue weighted by Crippen LogP contribution is -1.96. The van der Waals surface area contributed by atoms with Crippen molar-refractivity contribution in [2.24, 2.45) is 0 Å². The van der Waals surface area contributed by atoms with Crippen LogP contribution in [-0.4, -0.2) is 16.1 Å². The second kappa shape index (κ2) is 5.35. The number of carbonyl (C=O) groups is 1. The summed E-state index contributed by atoms with van der Waals surface area (Å²) in [5, 5.41) is 11.0. The third-order valence-corrected chi connectivity index (χ3v) is 3.77. The van der Waals surface area contributed by atoms with Crippen molar-refractivity contribution in [1.82, 2.24) is 4.98 Å². The highest BCUT2D eigenvalue weighted by Gasteiger charge is 2.11. The summed E-state index contributed by atoms with van der Waals surface area (Å²) in [6.07, 6.45) is 1.66. The van der Waals surface area contributed by atoms with E-state index in [-0.39, 0.29) is 5.56 Å². The minimum atomic E-state index is -0.983. The fraction of sp³-hybridized carbons (Fsp3) is 0. The number of aromatic carboxylic acids is 1. The summed E-state index contributed by atoms with van der Waals surface area (Å²) < 4.78 is 0. The van der Waals surface area contributed by atoms with Gasteiger partial charge in [-0.15, -0.1) is 0 Å². The second-order valence-electron chi connectivity index (χ2n) is 4.52. The molecule has 0 saturated heterocycles. The first-order valence-electron chi connectivity index (χ1n) is 6.14. The summed E-state index contributed by atoms with van der Waals surface area (Å²) in [4.78, 5) is 15.4. The number of carboxylic acids is 1. The van der Waals surface area contributed by atoms with Crippen LogP contribution in [0.5, 0.6) is 0 Å². The lowest BCUT2D eigenvalue weighted by molar-refractivity contribution is 0.0697. The minimum absolute atomic E-state index is 0.204. The number of hydrogen-bond donors (Lipinski definition) is 1. The number of pyridine rings is 1. The Bertz CT molecular complexity index is 862. The largest absolute Gasteiger partial charge is 0.478 e. The van der Waals surface area contributed by atoms with Gasteiger partial charge in [0.1, 0.15) is 0 Å². The van der Waals surface area contributed by atoms with Crippen molar-refractivity contribution < 1.29 is 9.90 Å². The van der Waals surface area contributed by atoms with E-state index in [0.29, 0.717) is 15.6 Å². The zero-order chi connectivity index (χ0) is 15.0. The Hall–Kier alpha value is -2.10. The lowest BCUT2D eigenvalue weighted by Gasteiger charge is -2.09. The van der Waals surface area contributed by atoms with E-state index < -0.39 is 5.97 Å². The molecule has 0 fully saturated rings. The maximum atomic E-state index is 11.1. The molecule has 0 aliphatic carbocycles. The summed E-state index contributed by atoms with van der Waals surface area (Å²) in [6, 6.07) is 11.8. The smallest absolute Gasteiger partial charge is 0.335 e. The number of aromatic nitrogens is 1. The average Bonchev–Trinajstić information content (AvgIpc) is 2.48. The molecule has 0 radical (unpaired) electrons. The standard InChI is InChI=1S/C16H9Cl2NO2/c17-10-2-3-14(18)12(8-10)11-5-6-19-15-4-1-9(16(20)21)7-13(11)15/h1-8H,(H,20,21). The van der Waals surface area contributed by atoms with Crippen molar-refractivity contribution in [3.05, 3.63) is 64.3 Å². The maximum Gasteiger partial charge on any atom is 0.335 e. The summed E-state index contributed by atoms with van der Waals surface area (Å²) in [5.41, 5.74) is 2.46. The summed E-state index contributed by atoms with van der Waals surface area (Å²) in [5.74, 6) is -0.983. The molecule has 0 amide bonds. The van der Waals surface area contributed by atoms with E-state index in [2.05, 4.69) is 4.98 Å². The highest BCUT2D eigenvalue weighted by molar-refractivity contribution is 6.35. The van der Waals surface area contributed by atoms with E-state index >= 15 is 0 Å². The van der Waals surface area contributed by atoms with Gasteiger partial charge in [0.05, 0.1) is 11.1 Å². The molecule has 0 unspecified atom stereocenters. The molecule has 0 aliphatic heterocycles. The molecule has 0 atom stereocenters. The van der Waals surface area contributed by atoms with Crippen LogP contribution in [0, 0.1) is 0 Å². The molecule has 1 aromatic heterocycles. The molecule has 3 nitrogen and oxygen atoms in total. The van der Waals surface area contributed by atoms with Crippen LogP contribution in [0.1, 0.15) is 10.4 Å². The predicted octanol–water partition coefficient (Wildman–Crippen LogP) is 4.91. The first-order chi connectivity index (χ1) is 10.1. The molecule has 3 aromatic rings. The Kier molecular flexibility index (Phi) is 3.53. The molecule has 1 N–H and O–H groups in total. The number of rotatable bonds is 2. The fourth-order valence-electron chi connectivity index (χ4n) is 2.22. The SMILES string of the molecule is O=C(O)c1ccc2nccc(-c3cc(Cl)ccc3Cl)c2c1. The minimum Gasteiger partial charge on any atom is -0.478 e. The quantitative estimate of drug-likeness (QED) is 0.730. The Morgan fingerprint density at radius 2 is 1.81 bits per heavy atom. The van der Waals surface area contributed by atoms with Crippen molar-refractivity contribution in [1.29, 1.82) is 0 Å². The van der Waals surface area contributed by atoms with Crippen molar-refractivity contribution in [3.63, 3.8) is 0 Å². The van der Waals surface area contributed by atoms with Gasteiger partial charge in [0, 0.05) is 27.2 Å². The maximum absolute atomic E-state index is 11.1. The van der Waals surface area contributed by atoms with Gasteiger partial charge in [-0.2, -0.15) is 0 Å². The van der Waals surface area contributed by atoms with Crippen molar-refractivity contribution in [2.75, 3.05) is 0 Å². The van der Waals surface area contributed by atoms with Gasteiger partial charge in [-0.3, -0.25) is 4.98 Å². The normalized spacial score (nSPS) is 10.8. The molecule has 0 saturated carbocycles. The van der Waals surface area contributed by atoms with Gasteiger partial charge in [0.2, 0.25) is 0 Å². The zero-order valence-electron chi connectivity index (χ0n) is 10.7. The second-order valence-corrected chi connectivity index (χ2v) is 5.36. The molecule has 104 valence electrons. The van der Waals surface area contributed by atoms with Gasteiger partial charge in [0.15, 0.2) is 0 Å². The topological polar surface area (TPSA) is 50.2 Å². The molecular formula is C16H9Cl2NO2. The van der Waals surface area contributed by atoms with E-state index in [1.165, 1.54) is 6.07 Å². The first kappa shape index (κ1) is 13.9. The van der Waals surface area contributed by atoms with E-state index in [1.807, 2.05) is 0 Å². The molecule has 3 rings (SSSR count). The van der Waals surface area contributed by atoms with Gasteiger partial charge in [-0.1, -0.05) is 23.2 Å². The third kappa shape index (κ3) is 2.58. The van der Waals surface area contributed by atoms with Gasteiger partial charge in [-0.05, 0) is 48.0 Å². The van der Waals surface area contributed by atoms with Crippen LogP contribution in [0.15, 0.2) is 48.7 Å². The summed E-state index contributed by atoms with van der Waals surface area (Å²) in [7, 11) is 0. The van der Waals surface area contributed by atoms with Crippen molar-refractivity contribution in [3.8, 4) is 11.1 Å². The number of nitrogens with zero attached hydrogens (tertiary/aromatic N) is 1. The fourth-order valence-corrected chi connectivity index (χ4v) is 2.61. The number of fused-ring (bicyclic) bond motifs is 1. The molecule has 0 aliphatic rings. The van der Waals surface area contributed by atoms with Gasteiger partial charge >= 0.3 is 5.97 Å². The monoisotopic (exact) mass is 317 g/mol. The molecule has 5 heteroatoms. The Labute approximate surface area is 130 Å². The molecule has 1 heterocycles. The number of halogens is 2. The van der Waals surface area contributed by atoms with Gasteiger partial charge in [-0.25, -0.2) is 4.79 Å². The molecular weight excluding hydrogens is 309 g/mol. The van der Waals surface area contributed by atoms with Crippen LogP contribution >= 0.6 is 23.2 Å². The molecule has 21 heavy (non-hydrogen) atoms. The predicted molar refractivity (Wildman–Crippen MR) is 84.2 cm³/mol. The molecule has 0 bridgehead atoms. The summed E-state index contributed by atoms with van der Waals surface area (Å²) >= 11 is 12.3. The zero-order valence-corrected chi connectivity index (χ0v) is 12.2. The Balaban J connectivity index is 2.34. The Morgan fingerprint density at radius 1 is 1.00 bits per heavy atom. The van der Waals surface area contributed by atoms with Crippen molar-refractivity contribution >= 4 is 40.1 Å². The average molecular weight is 318 g/mol. The lowest BCUT2D eigenvalue weighted by atomic mass is 10.00. The third-order valence-electron chi connectivity index (χ3n) is 3.21. The number of benzene rings is 2. The van der Waals surface area contributed by atoms with Crippen molar-refractivity contribution in [2.45, 2.75) is 0 Å². The first-order valence-corrected chi connectivity index (χ1v) is 6.89. The van der Waals surface area contributed by atoms with E-state index in [4.69, 9.17) is 28.3 Å². The van der Waals surface area contributed by atoms with E-state index in [0.717, 1.165) is 16.5 Å². The number of hydrogen-bond acceptors (Lipinski definition) is 2. The van der Waals surface area contributed by atoms with Crippen LogP contribution < -0.4 is 0 Å². The van der Waals surface area contributed by atoms with Crippen LogP contribution in [0.4, 0.5) is 0 Å². The molecule has 0 spiro atoms. The summed E-state index contributed by atoms with van der Waals surface area (Å²) in [6.45, 7) is 0. The van der Waals surface area contributed by atoms with Crippen LogP contribution in [-0.2, 0) is 0 Å². The highest BCUT2D eigenvalue weighted by Crippen LogP contribution is 2.34. The van der Waals surface area contributed by atoms with Gasteiger partial charge < -0.3 is 5.11 Å². The van der Waals surface area contributed by atoms with E-state index in [9.17, 15) is 4.79 Å². The van der Waals surface area contributed by atoms with Crippen LogP contribution in [0.25, 0.3) is 22.0 Å². The number of carboxylic acid groups (broad SMARTS) is 1. The Morgan fingerprint density at radius 3 is 2.57 bits per heavy atom. The highest BCUT2D eigenvalue weighted by atomic mass is 35.5. The van der Waals surface area contributed by atoms with Crippen LogP contribution in [0.2, 0.25) is 10.0 Å². The molecule has 2 aromatic carbocycles. The van der Waals surface area contributed by atoms with E-state index in [1.54, 1.807) is 42.6 Å².